The molecule has 0 aliphatic carbocycles. The van der Waals surface area contributed by atoms with Crippen molar-refractivity contribution in [3.63, 3.8) is 0 Å². The van der Waals surface area contributed by atoms with E-state index >= 15 is 0 Å². The number of nitrogens with one attached hydrogen (secondary N) is 2. The Morgan fingerprint density at radius 2 is 1.68 bits per heavy atom. The van der Waals surface area contributed by atoms with Gasteiger partial charge in [0.15, 0.2) is 5.96 Å². The number of amides is 2. The number of hydrogen-bond donors (Lipinski definition) is 5. The number of benzene rings is 3. The van der Waals surface area contributed by atoms with Crippen molar-refractivity contribution in [2.24, 2.45) is 16.5 Å². The van der Waals surface area contributed by atoms with Crippen LogP contribution in [0.4, 0.5) is 10.1 Å². The molecule has 7 N–H and O–H groups in total. The summed E-state index contributed by atoms with van der Waals surface area (Å²) in [5, 5.41) is 15.9. The molecule has 0 unspecified atom stereocenters. The topological polar surface area (TPSA) is 177 Å². The molecule has 0 aromatic heterocycles. The van der Waals surface area contributed by atoms with Gasteiger partial charge in [0.2, 0.25) is 0 Å². The molecule has 0 radical (unpaired) electrons. The van der Waals surface area contributed by atoms with Crippen LogP contribution in [-0.4, -0.2) is 47.2 Å². The number of rotatable bonds is 11. The summed E-state index contributed by atoms with van der Waals surface area (Å²) in [6, 6.07) is 14.1. The minimum absolute atomic E-state index is 0.0169. The summed E-state index contributed by atoms with van der Waals surface area (Å²) in [4.78, 5) is 53.6. The lowest BCUT2D eigenvalue weighted by Gasteiger charge is -2.15. The molecule has 2 amide bonds. The van der Waals surface area contributed by atoms with Crippen LogP contribution in [0.5, 0.6) is 0 Å². The van der Waals surface area contributed by atoms with Crippen molar-refractivity contribution in [1.82, 2.24) is 5.32 Å². The van der Waals surface area contributed by atoms with E-state index in [1.54, 1.807) is 18.2 Å². The largest absolute Gasteiger partial charge is 0.480 e. The number of carboxylic acids is 1. The van der Waals surface area contributed by atoms with E-state index in [0.29, 0.717) is 12.8 Å². The number of anilines is 1. The third-order valence-corrected chi connectivity index (χ3v) is 5.49. The Morgan fingerprint density at radius 1 is 0.946 bits per heavy atom. The second kappa shape index (κ2) is 12.2. The minimum atomic E-state index is -1.36. The zero-order valence-electron chi connectivity index (χ0n) is 19.7. The van der Waals surface area contributed by atoms with Gasteiger partial charge >= 0.3 is 5.97 Å². The number of guanidine groups is 1. The van der Waals surface area contributed by atoms with E-state index in [-0.39, 0.29) is 30.2 Å². The number of hydrogen-bond acceptors (Lipinski definition) is 5. The summed E-state index contributed by atoms with van der Waals surface area (Å²) in [5.41, 5.74) is 10.2. The van der Waals surface area contributed by atoms with Gasteiger partial charge in [0.25, 0.3) is 17.6 Å². The monoisotopic (exact) mass is 507 g/mol. The van der Waals surface area contributed by atoms with Crippen LogP contribution in [0.1, 0.15) is 40.0 Å². The molecular weight excluding hydrogens is 481 g/mol. The molecule has 0 fully saturated rings. The number of Topliss-reactive ketones (excluding diaryl/α,β-unsaturated/α-hetero) is 1. The number of aliphatic imine (C=N–C) groups is 1. The Bertz CT molecular complexity index is 1370. The maximum Gasteiger partial charge on any atom is 0.326 e. The van der Waals surface area contributed by atoms with Crippen LogP contribution in [0.3, 0.4) is 0 Å². The van der Waals surface area contributed by atoms with Gasteiger partial charge in [-0.2, -0.15) is 0 Å². The summed E-state index contributed by atoms with van der Waals surface area (Å²) in [6.07, 6.45) is 0.832. The highest BCUT2D eigenvalue weighted by molar-refractivity contribution is 6.44. The molecule has 11 heteroatoms. The molecule has 3 rings (SSSR count). The summed E-state index contributed by atoms with van der Waals surface area (Å²) in [6.45, 7) is 0.283. The fraction of sp³-hybridized carbons (Fsp3) is 0.192. The van der Waals surface area contributed by atoms with Crippen molar-refractivity contribution in [2.45, 2.75) is 25.3 Å². The maximum absolute atomic E-state index is 14.0. The minimum Gasteiger partial charge on any atom is -0.480 e. The second-order valence-electron chi connectivity index (χ2n) is 8.20. The maximum atomic E-state index is 14.0. The Morgan fingerprint density at radius 3 is 2.38 bits per heavy atom. The van der Waals surface area contributed by atoms with Crippen molar-refractivity contribution in [3.05, 3.63) is 77.6 Å². The van der Waals surface area contributed by atoms with E-state index in [1.165, 1.54) is 0 Å². The molecule has 0 spiro atoms. The molecule has 0 bridgehead atoms. The van der Waals surface area contributed by atoms with Gasteiger partial charge in [0, 0.05) is 12.1 Å². The molecule has 3 aromatic rings. The molecule has 0 saturated carbocycles. The highest BCUT2D eigenvalue weighted by Crippen LogP contribution is 2.21. The van der Waals surface area contributed by atoms with Crippen molar-refractivity contribution in [1.29, 1.82) is 0 Å². The molecule has 1 atom stereocenters. The standard InChI is InChI=1S/C26H26FN5O5/c27-18-10-11-20(31-23(34)17-9-8-15-5-1-2-6-16(15)13-17)19(14-18)22(33)24(35)32-21(25(36)37)7-3-4-12-30-26(28)29/h1-2,5-6,8-11,13-14,21H,3-4,7,12H2,(H,31,34)(H,32,35)(H,36,37)(H4,28,29,30)/t21-/m0/s1. The molecule has 10 nitrogen and oxygen atoms in total. The average Bonchev–Trinajstić information content (AvgIpc) is 2.87. The molecule has 0 aliphatic rings. The highest BCUT2D eigenvalue weighted by atomic mass is 19.1. The number of carbonyl (C=O) groups excluding carboxylic acids is 3. The van der Waals surface area contributed by atoms with Crippen LogP contribution < -0.4 is 22.1 Å². The SMILES string of the molecule is NC(N)=NCCCC[C@H](NC(=O)C(=O)c1cc(F)ccc1NC(=O)c1ccc2ccccc2c1)C(=O)O. The van der Waals surface area contributed by atoms with E-state index in [1.807, 2.05) is 24.3 Å². The van der Waals surface area contributed by atoms with Gasteiger partial charge in [-0.25, -0.2) is 9.18 Å². The third-order valence-electron chi connectivity index (χ3n) is 5.49. The van der Waals surface area contributed by atoms with Gasteiger partial charge in [-0.1, -0.05) is 30.3 Å². The van der Waals surface area contributed by atoms with Crippen molar-refractivity contribution < 1.29 is 28.7 Å². The zero-order chi connectivity index (χ0) is 26.9. The first-order valence-electron chi connectivity index (χ1n) is 11.4. The number of carboxylic acid groups (broad SMARTS) is 1. The van der Waals surface area contributed by atoms with E-state index in [4.69, 9.17) is 11.5 Å². The van der Waals surface area contributed by atoms with Crippen molar-refractivity contribution in [2.75, 3.05) is 11.9 Å². The Labute approximate surface area is 211 Å². The quantitative estimate of drug-likeness (QED) is 0.0870. The van der Waals surface area contributed by atoms with Crippen LogP contribution in [0.2, 0.25) is 0 Å². The predicted octanol–water partition coefficient (Wildman–Crippen LogP) is 2.43. The number of fused-ring (bicyclic) bond motifs is 1. The van der Waals surface area contributed by atoms with Gasteiger partial charge in [-0.15, -0.1) is 0 Å². The predicted molar refractivity (Wildman–Crippen MR) is 137 cm³/mol. The van der Waals surface area contributed by atoms with E-state index in [9.17, 15) is 28.7 Å². The van der Waals surface area contributed by atoms with Gasteiger partial charge in [0.1, 0.15) is 11.9 Å². The van der Waals surface area contributed by atoms with Gasteiger partial charge in [-0.05, 0) is 60.4 Å². The van der Waals surface area contributed by atoms with E-state index in [2.05, 4.69) is 15.6 Å². The van der Waals surface area contributed by atoms with Crippen LogP contribution >= 0.6 is 0 Å². The summed E-state index contributed by atoms with van der Waals surface area (Å²) >= 11 is 0. The average molecular weight is 508 g/mol. The number of carbonyl (C=O) groups is 4. The zero-order valence-corrected chi connectivity index (χ0v) is 19.7. The summed E-state index contributed by atoms with van der Waals surface area (Å²) in [5.74, 6) is -5.26. The number of nitrogens with zero attached hydrogens (tertiary/aromatic N) is 1. The molecule has 3 aromatic carbocycles. The lowest BCUT2D eigenvalue weighted by molar-refractivity contribution is -0.141. The third kappa shape index (κ3) is 7.34. The van der Waals surface area contributed by atoms with Gasteiger partial charge in [0.05, 0.1) is 11.3 Å². The number of unbranched alkanes of at least 4 members (excludes halogenated alkanes) is 1. The smallest absolute Gasteiger partial charge is 0.326 e. The first-order valence-corrected chi connectivity index (χ1v) is 11.4. The van der Waals surface area contributed by atoms with Crippen LogP contribution in [-0.2, 0) is 9.59 Å². The number of halogens is 1. The number of ketones is 1. The van der Waals surface area contributed by atoms with Gasteiger partial charge < -0.3 is 27.2 Å². The van der Waals surface area contributed by atoms with E-state index in [0.717, 1.165) is 29.0 Å². The van der Waals surface area contributed by atoms with Crippen LogP contribution in [0.15, 0.2) is 65.7 Å². The molecule has 37 heavy (non-hydrogen) atoms. The summed E-state index contributed by atoms with van der Waals surface area (Å²) < 4.78 is 14.0. The fourth-order valence-corrected chi connectivity index (χ4v) is 3.61. The first kappa shape index (κ1) is 26.8. The Kier molecular flexibility index (Phi) is 8.87. The van der Waals surface area contributed by atoms with Crippen LogP contribution in [0, 0.1) is 5.82 Å². The van der Waals surface area contributed by atoms with Crippen LogP contribution in [0.25, 0.3) is 10.8 Å². The normalized spacial score (nSPS) is 11.4. The van der Waals surface area contributed by atoms with Crippen molar-refractivity contribution >= 4 is 46.0 Å². The molecule has 192 valence electrons. The second-order valence-corrected chi connectivity index (χ2v) is 8.20. The van der Waals surface area contributed by atoms with Gasteiger partial charge in [-0.3, -0.25) is 19.4 Å². The molecular formula is C26H26FN5O5. The Hall–Kier alpha value is -4.80. The lowest BCUT2D eigenvalue weighted by Crippen LogP contribution is -2.44. The Balaban J connectivity index is 1.73. The molecule has 0 saturated heterocycles. The molecule has 0 heterocycles. The fourth-order valence-electron chi connectivity index (χ4n) is 3.61. The number of aliphatic carboxylic acids is 1. The van der Waals surface area contributed by atoms with E-state index < -0.39 is 41.0 Å². The molecule has 0 aliphatic heterocycles. The summed E-state index contributed by atoms with van der Waals surface area (Å²) in [7, 11) is 0. The lowest BCUT2D eigenvalue weighted by atomic mass is 10.0. The first-order chi connectivity index (χ1) is 17.7. The highest BCUT2D eigenvalue weighted by Gasteiger charge is 2.26. The van der Waals surface area contributed by atoms with Crippen molar-refractivity contribution in [3.8, 4) is 0 Å². The number of nitrogens with two attached hydrogens (primary N) is 2.